The Bertz CT molecular complexity index is 184. The van der Waals surface area contributed by atoms with Gasteiger partial charge in [0.1, 0.15) is 0 Å². The molecule has 0 radical (unpaired) electrons. The fraction of sp³-hybridized carbons (Fsp3) is 0.913. The van der Waals surface area contributed by atoms with E-state index in [-0.39, 0.29) is 0 Å². The third-order valence-electron chi connectivity index (χ3n) is 4.55. The van der Waals surface area contributed by atoms with Crippen molar-refractivity contribution in [3.8, 4) is 0 Å². The fourth-order valence-electron chi connectivity index (χ4n) is 2.90. The monoisotopic (exact) mass is 339 g/mol. The van der Waals surface area contributed by atoms with Crippen LogP contribution >= 0.6 is 0 Å². The molecule has 0 unspecified atom stereocenters. The standard InChI is InChI=1S/C18H39N.C5H10/c1-2-3-4-5-6-7-8-9-10-11-12-13-14-15-16-17-18-19;1-3-5-4-2/h2-19H2,1H3;3H,1,4-5H2,2H3. The molecule has 0 spiro atoms. The maximum absolute atomic E-state index is 5.48. The average Bonchev–Trinajstić information content (AvgIpc) is 2.60. The van der Waals surface area contributed by atoms with Crippen LogP contribution in [0.3, 0.4) is 0 Å². The van der Waals surface area contributed by atoms with E-state index in [1.165, 1.54) is 109 Å². The molecule has 0 fully saturated rings. The van der Waals surface area contributed by atoms with Crippen molar-refractivity contribution in [2.45, 2.75) is 129 Å². The minimum absolute atomic E-state index is 0.873. The summed E-state index contributed by atoms with van der Waals surface area (Å²) in [6.07, 6.45) is 27.2. The zero-order valence-corrected chi connectivity index (χ0v) is 17.3. The molecule has 0 aromatic carbocycles. The van der Waals surface area contributed by atoms with Crippen LogP contribution in [0.25, 0.3) is 0 Å². The van der Waals surface area contributed by atoms with Gasteiger partial charge in [-0.2, -0.15) is 0 Å². The zero-order chi connectivity index (χ0) is 18.1. The maximum atomic E-state index is 5.48. The van der Waals surface area contributed by atoms with Crippen LogP contribution in [0.4, 0.5) is 0 Å². The summed E-state index contributed by atoms with van der Waals surface area (Å²) in [5.74, 6) is 0. The number of allylic oxidation sites excluding steroid dienone is 1. The van der Waals surface area contributed by atoms with Crippen LogP contribution in [0.5, 0.6) is 0 Å². The molecule has 1 nitrogen and oxygen atoms in total. The van der Waals surface area contributed by atoms with E-state index in [0.29, 0.717) is 0 Å². The summed E-state index contributed by atoms with van der Waals surface area (Å²) in [6.45, 7) is 8.85. The quantitative estimate of drug-likeness (QED) is 0.198. The SMILES string of the molecule is C=CCCC.CCCCCCCCCCCCCCCCCCN. The Hall–Kier alpha value is -0.300. The van der Waals surface area contributed by atoms with Crippen molar-refractivity contribution in [3.05, 3.63) is 12.7 Å². The highest BCUT2D eigenvalue weighted by molar-refractivity contribution is 4.63. The molecule has 0 aromatic heterocycles. The van der Waals surface area contributed by atoms with E-state index >= 15 is 0 Å². The molecule has 146 valence electrons. The predicted octanol–water partition coefficient (Wildman–Crippen LogP) is 8.18. The molecule has 0 aliphatic rings. The van der Waals surface area contributed by atoms with Crippen molar-refractivity contribution in [2.75, 3.05) is 6.54 Å². The minimum Gasteiger partial charge on any atom is -0.330 e. The highest BCUT2D eigenvalue weighted by Crippen LogP contribution is 2.13. The fourth-order valence-corrected chi connectivity index (χ4v) is 2.90. The summed E-state index contributed by atoms with van der Waals surface area (Å²) in [5.41, 5.74) is 5.48. The number of rotatable bonds is 18. The second kappa shape index (κ2) is 27.5. The van der Waals surface area contributed by atoms with Gasteiger partial charge >= 0.3 is 0 Å². The molecule has 0 aliphatic carbocycles. The van der Waals surface area contributed by atoms with Crippen molar-refractivity contribution in [2.24, 2.45) is 5.73 Å². The molecule has 2 N–H and O–H groups in total. The number of unbranched alkanes of at least 4 members (excludes halogenated alkanes) is 16. The van der Waals surface area contributed by atoms with Crippen LogP contribution < -0.4 is 5.73 Å². The van der Waals surface area contributed by atoms with E-state index in [9.17, 15) is 0 Å². The Morgan fingerprint density at radius 2 is 0.875 bits per heavy atom. The van der Waals surface area contributed by atoms with Crippen molar-refractivity contribution in [1.29, 1.82) is 0 Å². The lowest BCUT2D eigenvalue weighted by Crippen LogP contribution is -1.97. The highest BCUT2D eigenvalue weighted by atomic mass is 14.5. The molecule has 0 amide bonds. The van der Waals surface area contributed by atoms with Crippen molar-refractivity contribution in [1.82, 2.24) is 0 Å². The van der Waals surface area contributed by atoms with Crippen LogP contribution in [-0.4, -0.2) is 6.54 Å². The smallest absolute Gasteiger partial charge is 0.00773 e. The molecule has 0 bridgehead atoms. The maximum Gasteiger partial charge on any atom is -0.00773 e. The van der Waals surface area contributed by atoms with Gasteiger partial charge in [0.05, 0.1) is 0 Å². The molecule has 0 saturated heterocycles. The van der Waals surface area contributed by atoms with Crippen molar-refractivity contribution < 1.29 is 0 Å². The largest absolute Gasteiger partial charge is 0.330 e. The van der Waals surface area contributed by atoms with E-state index in [0.717, 1.165) is 13.0 Å². The Labute approximate surface area is 154 Å². The molecule has 0 aliphatic heterocycles. The summed E-state index contributed by atoms with van der Waals surface area (Å²) in [6, 6.07) is 0. The van der Waals surface area contributed by atoms with Crippen molar-refractivity contribution >= 4 is 0 Å². The summed E-state index contributed by atoms with van der Waals surface area (Å²) in [4.78, 5) is 0. The lowest BCUT2D eigenvalue weighted by molar-refractivity contribution is 0.530. The first-order valence-corrected chi connectivity index (χ1v) is 11.1. The van der Waals surface area contributed by atoms with Gasteiger partial charge in [0.2, 0.25) is 0 Å². The van der Waals surface area contributed by atoms with Gasteiger partial charge in [-0.1, -0.05) is 123 Å². The Morgan fingerprint density at radius 3 is 1.08 bits per heavy atom. The van der Waals surface area contributed by atoms with Gasteiger partial charge in [0.25, 0.3) is 0 Å². The van der Waals surface area contributed by atoms with Gasteiger partial charge in [-0.15, -0.1) is 6.58 Å². The van der Waals surface area contributed by atoms with Crippen LogP contribution in [-0.2, 0) is 0 Å². The summed E-state index contributed by atoms with van der Waals surface area (Å²) in [7, 11) is 0. The normalized spacial score (nSPS) is 10.3. The summed E-state index contributed by atoms with van der Waals surface area (Å²) in [5, 5.41) is 0. The van der Waals surface area contributed by atoms with E-state index in [4.69, 9.17) is 5.73 Å². The Kier molecular flexibility index (Phi) is 29.8. The molecule has 24 heavy (non-hydrogen) atoms. The molecular weight excluding hydrogens is 290 g/mol. The van der Waals surface area contributed by atoms with Gasteiger partial charge in [-0.3, -0.25) is 0 Å². The third-order valence-corrected chi connectivity index (χ3v) is 4.55. The number of hydrogen-bond acceptors (Lipinski definition) is 1. The first-order chi connectivity index (χ1) is 11.8. The van der Waals surface area contributed by atoms with Crippen LogP contribution in [0.2, 0.25) is 0 Å². The molecule has 0 saturated carbocycles. The topological polar surface area (TPSA) is 26.0 Å². The van der Waals surface area contributed by atoms with Gasteiger partial charge < -0.3 is 5.73 Å². The number of nitrogens with two attached hydrogens (primary N) is 1. The highest BCUT2D eigenvalue weighted by Gasteiger charge is 1.94. The first kappa shape index (κ1) is 25.9. The van der Waals surface area contributed by atoms with Crippen molar-refractivity contribution in [3.63, 3.8) is 0 Å². The van der Waals surface area contributed by atoms with E-state index in [1.807, 2.05) is 6.08 Å². The molecule has 1 heteroatoms. The summed E-state index contributed by atoms with van der Waals surface area (Å²) >= 11 is 0. The summed E-state index contributed by atoms with van der Waals surface area (Å²) < 4.78 is 0. The molecule has 0 rings (SSSR count). The van der Waals surface area contributed by atoms with Crippen LogP contribution in [0.1, 0.15) is 129 Å². The van der Waals surface area contributed by atoms with Crippen LogP contribution in [0, 0.1) is 0 Å². The first-order valence-electron chi connectivity index (χ1n) is 11.1. The average molecular weight is 340 g/mol. The number of hydrogen-bond donors (Lipinski definition) is 1. The molecular formula is C23H49N. The predicted molar refractivity (Wildman–Crippen MR) is 114 cm³/mol. The zero-order valence-electron chi connectivity index (χ0n) is 17.3. The molecule has 0 heterocycles. The van der Waals surface area contributed by atoms with Gasteiger partial charge in [0.15, 0.2) is 0 Å². The second-order valence-electron chi connectivity index (χ2n) is 7.17. The lowest BCUT2D eigenvalue weighted by Gasteiger charge is -2.03. The van der Waals surface area contributed by atoms with E-state index in [1.54, 1.807) is 0 Å². The minimum atomic E-state index is 0.873. The van der Waals surface area contributed by atoms with E-state index < -0.39 is 0 Å². The van der Waals surface area contributed by atoms with Gasteiger partial charge in [-0.05, 0) is 19.4 Å². The van der Waals surface area contributed by atoms with Gasteiger partial charge in [0, 0.05) is 0 Å². The molecule has 0 atom stereocenters. The van der Waals surface area contributed by atoms with Gasteiger partial charge in [-0.25, -0.2) is 0 Å². The Balaban J connectivity index is 0. The Morgan fingerprint density at radius 1 is 0.542 bits per heavy atom. The van der Waals surface area contributed by atoms with Crippen LogP contribution in [0.15, 0.2) is 12.7 Å². The molecule has 0 aromatic rings. The lowest BCUT2D eigenvalue weighted by atomic mass is 10.0. The van der Waals surface area contributed by atoms with E-state index in [2.05, 4.69) is 20.4 Å². The third kappa shape index (κ3) is 29.7. The second-order valence-corrected chi connectivity index (χ2v) is 7.17.